The predicted octanol–water partition coefficient (Wildman–Crippen LogP) is 6.70. The summed E-state index contributed by atoms with van der Waals surface area (Å²) in [5.41, 5.74) is 4.43. The minimum absolute atomic E-state index is 0.573. The Kier molecular flexibility index (Phi) is 7.18. The first-order chi connectivity index (χ1) is 16.1. The standard InChI is InChI=1S/C28H32N2O3/c1-5-20(2)21-11-14-23(15-12-21)33-18-8-17-30-25-10-7-6-9-24(25)29-28(30)22-13-16-26(31-3)27(19-22)32-4/h6-7,9-16,19-20H,5,8,17-18H2,1-4H3. The van der Waals surface area contributed by atoms with Gasteiger partial charge in [-0.25, -0.2) is 4.98 Å². The van der Waals surface area contributed by atoms with E-state index in [1.54, 1.807) is 14.2 Å². The van der Waals surface area contributed by atoms with Crippen molar-refractivity contribution in [2.24, 2.45) is 0 Å². The van der Waals surface area contributed by atoms with E-state index < -0.39 is 0 Å². The van der Waals surface area contributed by atoms with Crippen molar-refractivity contribution in [1.29, 1.82) is 0 Å². The zero-order valence-corrected chi connectivity index (χ0v) is 19.9. The quantitative estimate of drug-likeness (QED) is 0.255. The lowest BCUT2D eigenvalue weighted by molar-refractivity contribution is 0.302. The zero-order valence-electron chi connectivity index (χ0n) is 19.9. The maximum Gasteiger partial charge on any atom is 0.161 e. The molecule has 0 aliphatic heterocycles. The molecular formula is C28H32N2O3. The number of ether oxygens (including phenoxy) is 3. The number of benzene rings is 3. The summed E-state index contributed by atoms with van der Waals surface area (Å²) in [7, 11) is 3.29. The average Bonchev–Trinajstić information content (AvgIpc) is 3.24. The summed E-state index contributed by atoms with van der Waals surface area (Å²) in [6, 6.07) is 22.6. The predicted molar refractivity (Wildman–Crippen MR) is 134 cm³/mol. The molecule has 1 atom stereocenters. The molecule has 5 heteroatoms. The second-order valence-electron chi connectivity index (χ2n) is 8.23. The van der Waals surface area contributed by atoms with E-state index in [9.17, 15) is 0 Å². The molecule has 1 aromatic heterocycles. The van der Waals surface area contributed by atoms with Gasteiger partial charge in [-0.05, 0) is 66.8 Å². The van der Waals surface area contributed by atoms with Crippen molar-refractivity contribution in [3.8, 4) is 28.6 Å². The second-order valence-corrected chi connectivity index (χ2v) is 8.23. The van der Waals surface area contributed by atoms with E-state index in [0.717, 1.165) is 47.6 Å². The summed E-state index contributed by atoms with van der Waals surface area (Å²) in [5, 5.41) is 0. The Bertz CT molecular complexity index is 1200. The number of hydrogen-bond acceptors (Lipinski definition) is 4. The minimum Gasteiger partial charge on any atom is -0.494 e. The first-order valence-electron chi connectivity index (χ1n) is 11.5. The molecule has 0 saturated carbocycles. The van der Waals surface area contributed by atoms with Crippen LogP contribution in [0.2, 0.25) is 0 Å². The van der Waals surface area contributed by atoms with Gasteiger partial charge in [0.25, 0.3) is 0 Å². The van der Waals surface area contributed by atoms with Crippen LogP contribution in [-0.2, 0) is 6.54 Å². The van der Waals surface area contributed by atoms with Gasteiger partial charge in [0.05, 0.1) is 31.9 Å². The summed E-state index contributed by atoms with van der Waals surface area (Å²) in [5.74, 6) is 3.80. The Labute approximate surface area is 195 Å². The third-order valence-electron chi connectivity index (χ3n) is 6.15. The van der Waals surface area contributed by atoms with Gasteiger partial charge in [0.2, 0.25) is 0 Å². The van der Waals surface area contributed by atoms with Gasteiger partial charge in [0.1, 0.15) is 11.6 Å². The van der Waals surface area contributed by atoms with E-state index in [2.05, 4.69) is 48.7 Å². The molecule has 0 aliphatic rings. The molecule has 0 fully saturated rings. The van der Waals surface area contributed by atoms with Crippen LogP contribution in [0.4, 0.5) is 0 Å². The molecular weight excluding hydrogens is 412 g/mol. The lowest BCUT2D eigenvalue weighted by Gasteiger charge is -2.13. The van der Waals surface area contributed by atoms with Gasteiger partial charge >= 0.3 is 0 Å². The van der Waals surface area contributed by atoms with E-state index >= 15 is 0 Å². The molecule has 4 aromatic rings. The molecule has 4 rings (SSSR count). The Morgan fingerprint density at radius 1 is 0.909 bits per heavy atom. The summed E-state index contributed by atoms with van der Waals surface area (Å²) in [6.45, 7) is 5.90. The topological polar surface area (TPSA) is 45.5 Å². The largest absolute Gasteiger partial charge is 0.494 e. The highest BCUT2D eigenvalue weighted by Gasteiger charge is 2.15. The highest BCUT2D eigenvalue weighted by atomic mass is 16.5. The summed E-state index contributed by atoms with van der Waals surface area (Å²) in [6.07, 6.45) is 2.01. The van der Waals surface area contributed by atoms with Crippen LogP contribution >= 0.6 is 0 Å². The lowest BCUT2D eigenvalue weighted by atomic mass is 9.99. The molecule has 3 aromatic carbocycles. The second kappa shape index (κ2) is 10.4. The van der Waals surface area contributed by atoms with Crippen molar-refractivity contribution < 1.29 is 14.2 Å². The van der Waals surface area contributed by atoms with E-state index in [0.29, 0.717) is 24.0 Å². The average molecular weight is 445 g/mol. The monoisotopic (exact) mass is 444 g/mol. The van der Waals surface area contributed by atoms with Crippen molar-refractivity contribution in [3.05, 3.63) is 72.3 Å². The lowest BCUT2D eigenvalue weighted by Crippen LogP contribution is -2.06. The van der Waals surface area contributed by atoms with Crippen LogP contribution in [0.25, 0.3) is 22.4 Å². The summed E-state index contributed by atoms with van der Waals surface area (Å²) < 4.78 is 19.2. The fourth-order valence-electron chi connectivity index (χ4n) is 4.04. The van der Waals surface area contributed by atoms with Crippen molar-refractivity contribution in [2.45, 2.75) is 39.2 Å². The highest BCUT2D eigenvalue weighted by Crippen LogP contribution is 2.33. The van der Waals surface area contributed by atoms with E-state index in [4.69, 9.17) is 19.2 Å². The number of rotatable bonds is 10. The smallest absolute Gasteiger partial charge is 0.161 e. The fraction of sp³-hybridized carbons (Fsp3) is 0.321. The molecule has 0 saturated heterocycles. The van der Waals surface area contributed by atoms with Crippen LogP contribution < -0.4 is 14.2 Å². The van der Waals surface area contributed by atoms with Crippen LogP contribution in [0.1, 0.15) is 38.2 Å². The summed E-state index contributed by atoms with van der Waals surface area (Å²) in [4.78, 5) is 4.91. The number of imidazole rings is 1. The molecule has 0 radical (unpaired) electrons. The van der Waals surface area contributed by atoms with Crippen LogP contribution in [0.3, 0.4) is 0 Å². The first-order valence-corrected chi connectivity index (χ1v) is 11.5. The number of para-hydroxylation sites is 2. The molecule has 33 heavy (non-hydrogen) atoms. The maximum absolute atomic E-state index is 6.03. The normalized spacial score (nSPS) is 12.0. The molecule has 0 spiro atoms. The summed E-state index contributed by atoms with van der Waals surface area (Å²) >= 11 is 0. The SMILES string of the molecule is CCC(C)c1ccc(OCCCn2c(-c3ccc(OC)c(OC)c3)nc3ccccc32)cc1. The maximum atomic E-state index is 6.03. The molecule has 0 aliphatic carbocycles. The van der Waals surface area contributed by atoms with Crippen molar-refractivity contribution in [2.75, 3.05) is 20.8 Å². The van der Waals surface area contributed by atoms with Gasteiger partial charge in [-0.3, -0.25) is 0 Å². The fourth-order valence-corrected chi connectivity index (χ4v) is 4.04. The van der Waals surface area contributed by atoms with Crippen LogP contribution in [-0.4, -0.2) is 30.4 Å². The number of hydrogen-bond donors (Lipinski definition) is 0. The zero-order chi connectivity index (χ0) is 23.2. The molecule has 0 N–H and O–H groups in total. The van der Waals surface area contributed by atoms with Gasteiger partial charge in [-0.15, -0.1) is 0 Å². The van der Waals surface area contributed by atoms with Crippen LogP contribution in [0.15, 0.2) is 66.7 Å². The molecule has 1 heterocycles. The van der Waals surface area contributed by atoms with Crippen LogP contribution in [0.5, 0.6) is 17.2 Å². The molecule has 0 bridgehead atoms. The molecule has 0 amide bonds. The number of fused-ring (bicyclic) bond motifs is 1. The minimum atomic E-state index is 0.573. The van der Waals surface area contributed by atoms with E-state index in [-0.39, 0.29) is 0 Å². The van der Waals surface area contributed by atoms with Gasteiger partial charge in [0, 0.05) is 12.1 Å². The van der Waals surface area contributed by atoms with Gasteiger partial charge in [-0.1, -0.05) is 38.1 Å². The van der Waals surface area contributed by atoms with Crippen molar-refractivity contribution >= 4 is 11.0 Å². The van der Waals surface area contributed by atoms with E-state index in [1.807, 2.05) is 36.4 Å². The van der Waals surface area contributed by atoms with E-state index in [1.165, 1.54) is 5.56 Å². The number of methoxy groups -OCH3 is 2. The number of aromatic nitrogens is 2. The third-order valence-corrected chi connectivity index (χ3v) is 6.15. The molecule has 5 nitrogen and oxygen atoms in total. The molecule has 172 valence electrons. The third kappa shape index (κ3) is 4.98. The first kappa shape index (κ1) is 22.7. The van der Waals surface area contributed by atoms with Gasteiger partial charge < -0.3 is 18.8 Å². The van der Waals surface area contributed by atoms with Gasteiger partial charge in [0.15, 0.2) is 11.5 Å². The van der Waals surface area contributed by atoms with Crippen LogP contribution in [0, 0.1) is 0 Å². The highest BCUT2D eigenvalue weighted by molar-refractivity contribution is 5.81. The number of nitrogens with zero attached hydrogens (tertiary/aromatic N) is 2. The Hall–Kier alpha value is -3.47. The van der Waals surface area contributed by atoms with Crippen molar-refractivity contribution in [3.63, 3.8) is 0 Å². The Balaban J connectivity index is 1.51. The Morgan fingerprint density at radius 3 is 2.39 bits per heavy atom. The van der Waals surface area contributed by atoms with Gasteiger partial charge in [-0.2, -0.15) is 0 Å². The van der Waals surface area contributed by atoms with Crippen molar-refractivity contribution in [1.82, 2.24) is 9.55 Å². The molecule has 1 unspecified atom stereocenters. The Morgan fingerprint density at radius 2 is 1.67 bits per heavy atom. The number of aryl methyl sites for hydroxylation is 1.